The van der Waals surface area contributed by atoms with Crippen molar-refractivity contribution in [3.05, 3.63) is 54.0 Å². The minimum absolute atomic E-state index is 0.120. The first kappa shape index (κ1) is 11.0. The van der Waals surface area contributed by atoms with Gasteiger partial charge in [0, 0.05) is 24.8 Å². The minimum atomic E-state index is -0.120. The largest absolute Gasteiger partial charge is 0.364 e. The summed E-state index contributed by atoms with van der Waals surface area (Å²) in [6, 6.07) is 10.2. The van der Waals surface area contributed by atoms with Crippen LogP contribution in [0.2, 0.25) is 0 Å². The van der Waals surface area contributed by atoms with Crippen molar-refractivity contribution < 1.29 is 4.52 Å². The summed E-state index contributed by atoms with van der Waals surface area (Å²) in [6.45, 7) is 0. The van der Waals surface area contributed by atoms with E-state index in [1.165, 1.54) is 16.5 Å². The van der Waals surface area contributed by atoms with Gasteiger partial charge in [-0.2, -0.15) is 0 Å². The molecule has 2 heterocycles. The SMILES string of the molecule is Cn1ccc2cc(CC(N)c3ccon3)ccc21. The van der Waals surface area contributed by atoms with Crippen LogP contribution in [-0.2, 0) is 13.5 Å². The van der Waals surface area contributed by atoms with Crippen molar-refractivity contribution in [1.29, 1.82) is 0 Å². The number of hydrogen-bond donors (Lipinski definition) is 1. The molecule has 4 heteroatoms. The van der Waals surface area contributed by atoms with Gasteiger partial charge in [-0.1, -0.05) is 11.2 Å². The van der Waals surface area contributed by atoms with E-state index in [2.05, 4.69) is 40.2 Å². The molecule has 2 N–H and O–H groups in total. The van der Waals surface area contributed by atoms with Gasteiger partial charge >= 0.3 is 0 Å². The maximum absolute atomic E-state index is 6.09. The molecule has 0 aliphatic rings. The van der Waals surface area contributed by atoms with Gasteiger partial charge in [-0.3, -0.25) is 0 Å². The molecule has 0 amide bonds. The van der Waals surface area contributed by atoms with Crippen molar-refractivity contribution >= 4 is 10.9 Å². The molecule has 0 saturated carbocycles. The number of nitrogens with two attached hydrogens (primary N) is 1. The molecule has 0 radical (unpaired) electrons. The molecule has 1 atom stereocenters. The van der Waals surface area contributed by atoms with Crippen molar-refractivity contribution in [2.24, 2.45) is 12.8 Å². The fraction of sp³-hybridized carbons (Fsp3) is 0.214. The molecule has 0 aliphatic carbocycles. The highest BCUT2D eigenvalue weighted by molar-refractivity contribution is 5.80. The smallest absolute Gasteiger partial charge is 0.124 e. The molecule has 0 spiro atoms. The maximum atomic E-state index is 6.09. The molecule has 18 heavy (non-hydrogen) atoms. The van der Waals surface area contributed by atoms with E-state index in [1.54, 1.807) is 6.26 Å². The Hall–Kier alpha value is -2.07. The summed E-state index contributed by atoms with van der Waals surface area (Å²) in [5, 5.41) is 5.11. The van der Waals surface area contributed by atoms with Crippen molar-refractivity contribution in [3.8, 4) is 0 Å². The van der Waals surface area contributed by atoms with Gasteiger partial charge in [0.05, 0.1) is 6.04 Å². The molecule has 3 aromatic rings. The van der Waals surface area contributed by atoms with Crippen molar-refractivity contribution in [1.82, 2.24) is 9.72 Å². The molecule has 2 aromatic heterocycles. The van der Waals surface area contributed by atoms with Gasteiger partial charge in [-0.15, -0.1) is 0 Å². The number of aryl methyl sites for hydroxylation is 1. The number of rotatable bonds is 3. The van der Waals surface area contributed by atoms with Crippen molar-refractivity contribution in [2.45, 2.75) is 12.5 Å². The lowest BCUT2D eigenvalue weighted by atomic mass is 10.0. The minimum Gasteiger partial charge on any atom is -0.364 e. The fourth-order valence-electron chi connectivity index (χ4n) is 2.23. The third kappa shape index (κ3) is 1.91. The van der Waals surface area contributed by atoms with Crippen LogP contribution in [-0.4, -0.2) is 9.72 Å². The highest BCUT2D eigenvalue weighted by Gasteiger charge is 2.10. The zero-order valence-electron chi connectivity index (χ0n) is 10.2. The van der Waals surface area contributed by atoms with Gasteiger partial charge in [0.15, 0.2) is 0 Å². The standard InChI is InChI=1S/C14H15N3O/c1-17-6-4-11-8-10(2-3-14(11)17)9-12(15)13-5-7-18-16-13/h2-8,12H,9,15H2,1H3. The Morgan fingerprint density at radius 2 is 2.22 bits per heavy atom. The summed E-state index contributed by atoms with van der Waals surface area (Å²) >= 11 is 0. The Bertz CT molecular complexity index is 655. The summed E-state index contributed by atoms with van der Waals surface area (Å²) in [6.07, 6.45) is 4.37. The summed E-state index contributed by atoms with van der Waals surface area (Å²) < 4.78 is 6.92. The quantitative estimate of drug-likeness (QED) is 0.766. The average Bonchev–Trinajstić information content (AvgIpc) is 2.99. The lowest BCUT2D eigenvalue weighted by Gasteiger charge is -2.08. The summed E-state index contributed by atoms with van der Waals surface area (Å²) in [5.41, 5.74) is 9.33. The van der Waals surface area contributed by atoms with Gasteiger partial charge in [0.2, 0.25) is 0 Å². The van der Waals surface area contributed by atoms with Crippen LogP contribution < -0.4 is 5.73 Å². The van der Waals surface area contributed by atoms with Crippen LogP contribution in [0.3, 0.4) is 0 Å². The average molecular weight is 241 g/mol. The first-order valence-corrected chi connectivity index (χ1v) is 5.94. The lowest BCUT2D eigenvalue weighted by molar-refractivity contribution is 0.405. The van der Waals surface area contributed by atoms with E-state index in [1.807, 2.05) is 13.1 Å². The van der Waals surface area contributed by atoms with Crippen molar-refractivity contribution in [2.75, 3.05) is 0 Å². The predicted molar refractivity (Wildman–Crippen MR) is 70.1 cm³/mol. The van der Waals surface area contributed by atoms with E-state index in [0.717, 1.165) is 12.1 Å². The molecule has 3 rings (SSSR count). The zero-order chi connectivity index (χ0) is 12.5. The highest BCUT2D eigenvalue weighted by Crippen LogP contribution is 2.20. The summed E-state index contributed by atoms with van der Waals surface area (Å²) in [7, 11) is 2.04. The Balaban J connectivity index is 1.86. The monoisotopic (exact) mass is 241 g/mol. The molecule has 92 valence electrons. The van der Waals surface area contributed by atoms with E-state index in [4.69, 9.17) is 10.3 Å². The number of benzene rings is 1. The Morgan fingerprint density at radius 1 is 1.33 bits per heavy atom. The molecule has 1 unspecified atom stereocenters. The zero-order valence-corrected chi connectivity index (χ0v) is 10.2. The van der Waals surface area contributed by atoms with Gasteiger partial charge in [-0.25, -0.2) is 0 Å². The third-order valence-corrected chi connectivity index (χ3v) is 3.24. The van der Waals surface area contributed by atoms with E-state index < -0.39 is 0 Å². The van der Waals surface area contributed by atoms with Gasteiger partial charge < -0.3 is 14.8 Å². The van der Waals surface area contributed by atoms with Gasteiger partial charge in [0.1, 0.15) is 12.0 Å². The Labute approximate surface area is 105 Å². The van der Waals surface area contributed by atoms with E-state index >= 15 is 0 Å². The normalized spacial score (nSPS) is 13.0. The molecular weight excluding hydrogens is 226 g/mol. The number of hydrogen-bond acceptors (Lipinski definition) is 3. The van der Waals surface area contributed by atoms with Gasteiger partial charge in [0.25, 0.3) is 0 Å². The van der Waals surface area contributed by atoms with Crippen LogP contribution in [0.4, 0.5) is 0 Å². The van der Waals surface area contributed by atoms with Crippen LogP contribution in [0.15, 0.2) is 47.3 Å². The summed E-state index contributed by atoms with van der Waals surface area (Å²) in [4.78, 5) is 0. The molecule has 0 saturated heterocycles. The number of aromatic nitrogens is 2. The van der Waals surface area contributed by atoms with Crippen LogP contribution in [0.5, 0.6) is 0 Å². The highest BCUT2D eigenvalue weighted by atomic mass is 16.5. The Kier molecular flexibility index (Phi) is 2.64. The molecule has 1 aromatic carbocycles. The fourth-order valence-corrected chi connectivity index (χ4v) is 2.23. The molecular formula is C14H15N3O. The van der Waals surface area contributed by atoms with Gasteiger partial charge in [-0.05, 0) is 35.6 Å². The van der Waals surface area contributed by atoms with Crippen LogP contribution in [0, 0.1) is 0 Å². The van der Waals surface area contributed by atoms with E-state index in [9.17, 15) is 0 Å². The molecule has 0 aliphatic heterocycles. The van der Waals surface area contributed by atoms with E-state index in [0.29, 0.717) is 0 Å². The maximum Gasteiger partial charge on any atom is 0.124 e. The van der Waals surface area contributed by atoms with Crippen LogP contribution in [0.1, 0.15) is 17.3 Å². The lowest BCUT2D eigenvalue weighted by Crippen LogP contribution is -2.13. The Morgan fingerprint density at radius 3 is 3.00 bits per heavy atom. The topological polar surface area (TPSA) is 57.0 Å². The predicted octanol–water partition coefficient (Wildman–Crippen LogP) is 2.41. The first-order valence-electron chi connectivity index (χ1n) is 5.94. The molecule has 0 bridgehead atoms. The molecule has 4 nitrogen and oxygen atoms in total. The summed E-state index contributed by atoms with van der Waals surface area (Å²) in [5.74, 6) is 0. The number of fused-ring (bicyclic) bond motifs is 1. The second-order valence-electron chi connectivity index (χ2n) is 4.55. The number of nitrogens with zero attached hydrogens (tertiary/aromatic N) is 2. The second kappa shape index (κ2) is 4.31. The second-order valence-corrected chi connectivity index (χ2v) is 4.55. The van der Waals surface area contributed by atoms with E-state index in [-0.39, 0.29) is 6.04 Å². The van der Waals surface area contributed by atoms with Crippen LogP contribution in [0.25, 0.3) is 10.9 Å². The first-order chi connectivity index (χ1) is 8.74. The van der Waals surface area contributed by atoms with Crippen LogP contribution >= 0.6 is 0 Å². The third-order valence-electron chi connectivity index (χ3n) is 3.24. The molecule has 0 fully saturated rings. The van der Waals surface area contributed by atoms with Crippen molar-refractivity contribution in [3.63, 3.8) is 0 Å².